The minimum absolute atomic E-state index is 0.0642. The van der Waals surface area contributed by atoms with Crippen LogP contribution >= 0.6 is 11.6 Å². The molecule has 4 nitrogen and oxygen atoms in total. The summed E-state index contributed by atoms with van der Waals surface area (Å²) >= 11 is 6.13. The lowest BCUT2D eigenvalue weighted by molar-refractivity contribution is 0.558. The maximum atomic E-state index is 6.13. The molecule has 0 saturated heterocycles. The summed E-state index contributed by atoms with van der Waals surface area (Å²) in [5.41, 5.74) is 3.57. The first-order valence-corrected chi connectivity index (χ1v) is 9.57. The van der Waals surface area contributed by atoms with Crippen LogP contribution in [0.5, 0.6) is 0 Å². The van der Waals surface area contributed by atoms with Gasteiger partial charge in [0.05, 0.1) is 16.8 Å². The molecule has 3 aromatic rings. The number of hydrogen-bond acceptors (Lipinski definition) is 3. The van der Waals surface area contributed by atoms with E-state index in [2.05, 4.69) is 63.0 Å². The minimum atomic E-state index is 0.0642. The van der Waals surface area contributed by atoms with Crippen LogP contribution in [0.4, 0.5) is 11.4 Å². The number of benzene rings is 2. The summed E-state index contributed by atoms with van der Waals surface area (Å²) in [5.74, 6) is 2.71. The average molecular weight is 365 g/mol. The third-order valence-electron chi connectivity index (χ3n) is 5.99. The van der Waals surface area contributed by atoms with Crippen molar-refractivity contribution in [2.45, 2.75) is 32.1 Å². The second-order valence-corrected chi connectivity index (χ2v) is 7.86. The fourth-order valence-corrected chi connectivity index (χ4v) is 4.65. The van der Waals surface area contributed by atoms with E-state index in [0.29, 0.717) is 5.92 Å². The Morgan fingerprint density at radius 1 is 1.08 bits per heavy atom. The van der Waals surface area contributed by atoms with Gasteiger partial charge in [0, 0.05) is 17.3 Å². The van der Waals surface area contributed by atoms with Crippen molar-refractivity contribution in [2.75, 3.05) is 11.4 Å². The van der Waals surface area contributed by atoms with Crippen LogP contribution in [-0.4, -0.2) is 21.3 Å². The van der Waals surface area contributed by atoms with Crippen LogP contribution < -0.4 is 4.90 Å². The van der Waals surface area contributed by atoms with Gasteiger partial charge in [0.2, 0.25) is 0 Å². The van der Waals surface area contributed by atoms with E-state index in [1.807, 2.05) is 19.1 Å². The van der Waals surface area contributed by atoms with E-state index < -0.39 is 0 Å². The van der Waals surface area contributed by atoms with E-state index >= 15 is 0 Å². The zero-order chi connectivity index (χ0) is 17.9. The van der Waals surface area contributed by atoms with Gasteiger partial charge >= 0.3 is 0 Å². The Morgan fingerprint density at radius 3 is 2.50 bits per heavy atom. The highest BCUT2D eigenvalue weighted by atomic mass is 35.5. The van der Waals surface area contributed by atoms with E-state index in [0.717, 1.165) is 35.3 Å². The van der Waals surface area contributed by atoms with Gasteiger partial charge in [0.1, 0.15) is 11.6 Å². The van der Waals surface area contributed by atoms with Gasteiger partial charge in [-0.3, -0.25) is 4.57 Å². The number of hydrogen-bond donors (Lipinski definition) is 0. The van der Waals surface area contributed by atoms with Gasteiger partial charge < -0.3 is 4.90 Å². The molecular weight excluding hydrogens is 344 g/mol. The largest absolute Gasteiger partial charge is 0.339 e. The molecule has 0 N–H and O–H groups in total. The van der Waals surface area contributed by atoms with E-state index in [9.17, 15) is 0 Å². The van der Waals surface area contributed by atoms with Crippen LogP contribution in [0.1, 0.15) is 31.4 Å². The van der Waals surface area contributed by atoms with Crippen molar-refractivity contribution in [1.82, 2.24) is 14.8 Å². The Balaban J connectivity index is 1.75. The number of halogens is 1. The molecule has 0 bridgehead atoms. The molecule has 2 aromatic carbocycles. The van der Waals surface area contributed by atoms with Crippen LogP contribution in [0.2, 0.25) is 5.02 Å². The average Bonchev–Trinajstić information content (AvgIpc) is 3.27. The molecule has 5 heteroatoms. The number of nitrogens with zero attached hydrogens (tertiary/aromatic N) is 4. The van der Waals surface area contributed by atoms with Crippen LogP contribution in [0.25, 0.3) is 5.69 Å². The van der Waals surface area contributed by atoms with Crippen LogP contribution in [0.15, 0.2) is 48.5 Å². The molecule has 2 unspecified atom stereocenters. The maximum Gasteiger partial charge on any atom is 0.146 e. The van der Waals surface area contributed by atoms with Crippen LogP contribution in [0.3, 0.4) is 0 Å². The zero-order valence-electron chi connectivity index (χ0n) is 15.0. The maximum absolute atomic E-state index is 6.13. The summed E-state index contributed by atoms with van der Waals surface area (Å²) in [5, 5.41) is 9.83. The molecule has 132 valence electrons. The first-order chi connectivity index (χ1) is 12.6. The van der Waals surface area contributed by atoms with E-state index in [1.165, 1.54) is 17.8 Å². The predicted octanol–water partition coefficient (Wildman–Crippen LogP) is 5.05. The van der Waals surface area contributed by atoms with Gasteiger partial charge in [0.25, 0.3) is 0 Å². The summed E-state index contributed by atoms with van der Waals surface area (Å²) in [4.78, 5) is 2.43. The molecule has 1 aromatic heterocycles. The molecule has 26 heavy (non-hydrogen) atoms. The van der Waals surface area contributed by atoms with Crippen molar-refractivity contribution in [2.24, 2.45) is 5.92 Å². The van der Waals surface area contributed by atoms with Crippen molar-refractivity contribution in [3.8, 4) is 5.69 Å². The highest BCUT2D eigenvalue weighted by molar-refractivity contribution is 6.30. The first-order valence-electron chi connectivity index (χ1n) is 9.19. The lowest BCUT2D eigenvalue weighted by atomic mass is 10.00. The number of anilines is 2. The fourth-order valence-electron chi connectivity index (χ4n) is 4.53. The Morgan fingerprint density at radius 2 is 1.81 bits per heavy atom. The monoisotopic (exact) mass is 364 g/mol. The Bertz CT molecular complexity index is 978. The van der Waals surface area contributed by atoms with Gasteiger partial charge in [-0.15, -0.1) is 10.2 Å². The number of fused-ring (bicyclic) bond motifs is 4. The van der Waals surface area contributed by atoms with E-state index in [-0.39, 0.29) is 5.41 Å². The normalized spacial score (nSPS) is 23.5. The quantitative estimate of drug-likeness (QED) is 0.638. The van der Waals surface area contributed by atoms with Crippen molar-refractivity contribution < 1.29 is 0 Å². The third-order valence-corrected chi connectivity index (χ3v) is 6.24. The topological polar surface area (TPSA) is 34.0 Å². The predicted molar refractivity (Wildman–Crippen MR) is 105 cm³/mol. The van der Waals surface area contributed by atoms with Gasteiger partial charge in [-0.25, -0.2) is 0 Å². The Hall–Kier alpha value is -2.33. The second kappa shape index (κ2) is 5.58. The number of para-hydroxylation sites is 2. The SMILES string of the molecule is CCC1CC12CN(c1ccc(Cl)cc1)c1ccccc1-n1c(C)nnc12. The highest BCUT2D eigenvalue weighted by Gasteiger charge is 2.59. The smallest absolute Gasteiger partial charge is 0.146 e. The van der Waals surface area contributed by atoms with Gasteiger partial charge in [-0.1, -0.05) is 37.1 Å². The zero-order valence-corrected chi connectivity index (χ0v) is 15.7. The number of rotatable bonds is 2. The molecule has 2 aliphatic rings. The van der Waals surface area contributed by atoms with Crippen molar-refractivity contribution in [3.05, 3.63) is 65.2 Å². The summed E-state index contributed by atoms with van der Waals surface area (Å²) in [6.45, 7) is 5.24. The van der Waals surface area contributed by atoms with Crippen molar-refractivity contribution in [1.29, 1.82) is 0 Å². The molecule has 1 saturated carbocycles. The second-order valence-electron chi connectivity index (χ2n) is 7.42. The minimum Gasteiger partial charge on any atom is -0.339 e. The Labute approximate surface area is 158 Å². The van der Waals surface area contributed by atoms with Crippen molar-refractivity contribution >= 4 is 23.0 Å². The van der Waals surface area contributed by atoms with Crippen LogP contribution in [0, 0.1) is 12.8 Å². The summed E-state index contributed by atoms with van der Waals surface area (Å²) < 4.78 is 2.26. The standard InChI is InChI=1S/C21H21ClN4/c1-3-15-12-21(15)13-25(17-10-8-16(22)9-11-17)18-6-4-5-7-19(18)26-14(2)23-24-20(21)26/h4-11,15H,3,12-13H2,1-2H3. The first kappa shape index (κ1) is 15.9. The fraction of sp³-hybridized carbons (Fsp3) is 0.333. The van der Waals surface area contributed by atoms with Crippen molar-refractivity contribution in [3.63, 3.8) is 0 Å². The lowest BCUT2D eigenvalue weighted by Gasteiger charge is -2.28. The molecular formula is C21H21ClN4. The summed E-state index contributed by atoms with van der Waals surface area (Å²) in [7, 11) is 0. The molecule has 2 atom stereocenters. The highest BCUT2D eigenvalue weighted by Crippen LogP contribution is 2.58. The van der Waals surface area contributed by atoms with Gasteiger partial charge in [0.15, 0.2) is 0 Å². The van der Waals surface area contributed by atoms with Gasteiger partial charge in [-0.2, -0.15) is 0 Å². The molecule has 1 aliphatic heterocycles. The Kier molecular flexibility index (Phi) is 3.41. The van der Waals surface area contributed by atoms with Crippen LogP contribution in [-0.2, 0) is 5.41 Å². The molecule has 2 heterocycles. The van der Waals surface area contributed by atoms with Gasteiger partial charge in [-0.05, 0) is 55.7 Å². The lowest BCUT2D eigenvalue weighted by Crippen LogP contribution is -2.30. The summed E-state index contributed by atoms with van der Waals surface area (Å²) in [6.07, 6.45) is 2.33. The van der Waals surface area contributed by atoms with E-state index in [4.69, 9.17) is 11.6 Å². The molecule has 1 aliphatic carbocycles. The molecule has 1 fully saturated rings. The van der Waals surface area contributed by atoms with E-state index in [1.54, 1.807) is 0 Å². The molecule has 1 spiro atoms. The number of aryl methyl sites for hydroxylation is 1. The summed E-state index contributed by atoms with van der Waals surface area (Å²) in [6, 6.07) is 16.7. The molecule has 0 radical (unpaired) electrons. The molecule has 5 rings (SSSR count). The third kappa shape index (κ3) is 2.15. The number of aromatic nitrogens is 3. The molecule has 0 amide bonds.